The molecule has 0 atom stereocenters. The minimum absolute atomic E-state index is 0.298. The van der Waals surface area contributed by atoms with Gasteiger partial charge in [0, 0.05) is 0 Å². The number of aromatic hydroxyl groups is 1. The lowest BCUT2D eigenvalue weighted by atomic mass is 10.2. The zero-order chi connectivity index (χ0) is 10.0. The lowest BCUT2D eigenvalue weighted by Crippen LogP contribution is -2.13. The van der Waals surface area contributed by atoms with Crippen molar-refractivity contribution in [3.05, 3.63) is 23.5 Å². The van der Waals surface area contributed by atoms with Gasteiger partial charge in [0.05, 0.1) is 11.8 Å². The molecule has 0 fully saturated rings. The standard InChI is InChI=1S/C7H6F2N2O2/c8-6(9)3-1-4(7(10)13)11-2-5(3)12/h1-2,6,12H,(H2,10,13). The maximum absolute atomic E-state index is 12.1. The first-order chi connectivity index (χ1) is 6.02. The smallest absolute Gasteiger partial charge is 0.267 e. The van der Waals surface area contributed by atoms with Gasteiger partial charge in [0.25, 0.3) is 12.3 Å². The SMILES string of the molecule is NC(=O)c1cc(C(F)F)c(O)cn1. The van der Waals surface area contributed by atoms with Crippen LogP contribution in [0.3, 0.4) is 0 Å². The summed E-state index contributed by atoms with van der Waals surface area (Å²) in [5.41, 5.74) is 3.86. The number of nitrogens with two attached hydrogens (primary N) is 1. The first kappa shape index (κ1) is 9.37. The van der Waals surface area contributed by atoms with Crippen molar-refractivity contribution in [1.82, 2.24) is 4.98 Å². The van der Waals surface area contributed by atoms with Crippen molar-refractivity contribution in [2.75, 3.05) is 0 Å². The highest BCUT2D eigenvalue weighted by Gasteiger charge is 2.15. The summed E-state index contributed by atoms with van der Waals surface area (Å²) in [7, 11) is 0. The van der Waals surface area contributed by atoms with Crippen LogP contribution >= 0.6 is 0 Å². The molecule has 4 nitrogen and oxygen atoms in total. The van der Waals surface area contributed by atoms with Crippen molar-refractivity contribution >= 4 is 5.91 Å². The van der Waals surface area contributed by atoms with Crippen LogP contribution in [0.15, 0.2) is 12.3 Å². The minimum Gasteiger partial charge on any atom is -0.506 e. The Morgan fingerprint density at radius 2 is 2.23 bits per heavy atom. The number of rotatable bonds is 2. The van der Waals surface area contributed by atoms with Gasteiger partial charge in [0.1, 0.15) is 11.4 Å². The van der Waals surface area contributed by atoms with Gasteiger partial charge in [-0.3, -0.25) is 4.79 Å². The van der Waals surface area contributed by atoms with Gasteiger partial charge in [-0.1, -0.05) is 0 Å². The van der Waals surface area contributed by atoms with E-state index in [1.807, 2.05) is 0 Å². The monoisotopic (exact) mass is 188 g/mol. The Bertz CT molecular complexity index is 341. The fourth-order valence-electron chi connectivity index (χ4n) is 0.773. The molecule has 1 amide bonds. The third kappa shape index (κ3) is 1.90. The number of hydrogen-bond donors (Lipinski definition) is 2. The third-order valence-corrected chi connectivity index (χ3v) is 1.40. The Labute approximate surface area is 72.0 Å². The summed E-state index contributed by atoms with van der Waals surface area (Å²) in [4.78, 5) is 13.9. The zero-order valence-electron chi connectivity index (χ0n) is 6.37. The van der Waals surface area contributed by atoms with E-state index in [2.05, 4.69) is 4.98 Å². The van der Waals surface area contributed by atoms with Gasteiger partial charge < -0.3 is 10.8 Å². The van der Waals surface area contributed by atoms with Gasteiger partial charge in [0.2, 0.25) is 0 Å². The molecule has 1 rings (SSSR count). The number of pyridine rings is 1. The molecule has 1 aromatic heterocycles. The molecule has 6 heteroatoms. The van der Waals surface area contributed by atoms with E-state index in [0.29, 0.717) is 0 Å². The van der Waals surface area contributed by atoms with Crippen LogP contribution in [0.1, 0.15) is 22.5 Å². The summed E-state index contributed by atoms with van der Waals surface area (Å²) in [6.45, 7) is 0. The van der Waals surface area contributed by atoms with E-state index in [1.165, 1.54) is 0 Å². The molecule has 0 aliphatic heterocycles. The van der Waals surface area contributed by atoms with E-state index in [4.69, 9.17) is 10.8 Å². The highest BCUT2D eigenvalue weighted by atomic mass is 19.3. The van der Waals surface area contributed by atoms with Crippen LogP contribution in [-0.4, -0.2) is 16.0 Å². The fourth-order valence-corrected chi connectivity index (χ4v) is 0.773. The summed E-state index contributed by atoms with van der Waals surface area (Å²) in [6, 6.07) is 0.766. The first-order valence-corrected chi connectivity index (χ1v) is 3.29. The van der Waals surface area contributed by atoms with Gasteiger partial charge >= 0.3 is 0 Å². The number of aromatic nitrogens is 1. The van der Waals surface area contributed by atoms with Crippen LogP contribution in [0.25, 0.3) is 0 Å². The third-order valence-electron chi connectivity index (χ3n) is 1.40. The van der Waals surface area contributed by atoms with Gasteiger partial charge in [-0.05, 0) is 6.07 Å². The van der Waals surface area contributed by atoms with Crippen LogP contribution in [0.2, 0.25) is 0 Å². The molecule has 0 saturated carbocycles. The molecule has 1 aromatic rings. The molecule has 0 bridgehead atoms. The lowest BCUT2D eigenvalue weighted by molar-refractivity contribution is 0.0994. The Kier molecular flexibility index (Phi) is 2.41. The van der Waals surface area contributed by atoms with Gasteiger partial charge in [0.15, 0.2) is 0 Å². The van der Waals surface area contributed by atoms with E-state index in [-0.39, 0.29) is 5.69 Å². The Balaban J connectivity index is 3.19. The highest BCUT2D eigenvalue weighted by Crippen LogP contribution is 2.27. The van der Waals surface area contributed by atoms with Crippen LogP contribution in [0.4, 0.5) is 8.78 Å². The topological polar surface area (TPSA) is 76.2 Å². The number of halogens is 2. The average molecular weight is 188 g/mol. The molecule has 3 N–H and O–H groups in total. The normalized spacial score (nSPS) is 10.4. The summed E-state index contributed by atoms with van der Waals surface area (Å²) in [5, 5.41) is 8.89. The Hall–Kier alpha value is -1.72. The molecule has 0 aliphatic rings. The maximum atomic E-state index is 12.1. The highest BCUT2D eigenvalue weighted by molar-refractivity contribution is 5.91. The van der Waals surface area contributed by atoms with Crippen molar-refractivity contribution in [1.29, 1.82) is 0 Å². The van der Waals surface area contributed by atoms with Gasteiger partial charge in [-0.2, -0.15) is 0 Å². The first-order valence-electron chi connectivity index (χ1n) is 3.29. The molecule has 0 aromatic carbocycles. The molecule has 1 heterocycles. The molecule has 0 unspecified atom stereocenters. The molecule has 70 valence electrons. The van der Waals surface area contributed by atoms with Crippen molar-refractivity contribution in [2.45, 2.75) is 6.43 Å². The van der Waals surface area contributed by atoms with Crippen molar-refractivity contribution in [3.8, 4) is 5.75 Å². The van der Waals surface area contributed by atoms with E-state index in [1.54, 1.807) is 0 Å². The largest absolute Gasteiger partial charge is 0.506 e. The molecular formula is C7H6F2N2O2. The second-order valence-corrected chi connectivity index (χ2v) is 2.29. The van der Waals surface area contributed by atoms with Crippen LogP contribution < -0.4 is 5.73 Å². The summed E-state index contributed by atoms with van der Waals surface area (Å²) in [5.74, 6) is -1.57. The maximum Gasteiger partial charge on any atom is 0.267 e. The lowest BCUT2D eigenvalue weighted by Gasteiger charge is -2.03. The van der Waals surface area contributed by atoms with E-state index >= 15 is 0 Å². The number of primary amides is 1. The minimum atomic E-state index is -2.86. The van der Waals surface area contributed by atoms with E-state index in [9.17, 15) is 13.6 Å². The number of nitrogens with zero attached hydrogens (tertiary/aromatic N) is 1. The van der Waals surface area contributed by atoms with Gasteiger partial charge in [-0.15, -0.1) is 0 Å². The number of alkyl halides is 2. The number of amides is 1. The van der Waals surface area contributed by atoms with Crippen LogP contribution in [0.5, 0.6) is 5.75 Å². The Morgan fingerprint density at radius 1 is 1.62 bits per heavy atom. The molecule has 0 aliphatic carbocycles. The Morgan fingerprint density at radius 3 is 2.69 bits per heavy atom. The number of carbonyl (C=O) groups is 1. The molecular weight excluding hydrogens is 182 g/mol. The van der Waals surface area contributed by atoms with Gasteiger partial charge in [-0.25, -0.2) is 13.8 Å². The molecule has 0 saturated heterocycles. The second kappa shape index (κ2) is 3.34. The van der Waals surface area contributed by atoms with E-state index in [0.717, 1.165) is 12.3 Å². The van der Waals surface area contributed by atoms with Crippen molar-refractivity contribution in [3.63, 3.8) is 0 Å². The van der Waals surface area contributed by atoms with Crippen LogP contribution in [-0.2, 0) is 0 Å². The van der Waals surface area contributed by atoms with E-state index < -0.39 is 23.6 Å². The molecule has 0 spiro atoms. The zero-order valence-corrected chi connectivity index (χ0v) is 6.37. The summed E-state index contributed by atoms with van der Waals surface area (Å²) < 4.78 is 24.3. The predicted molar refractivity (Wildman–Crippen MR) is 39.4 cm³/mol. The number of hydrogen-bond acceptors (Lipinski definition) is 3. The van der Waals surface area contributed by atoms with Crippen molar-refractivity contribution in [2.24, 2.45) is 5.73 Å². The quantitative estimate of drug-likeness (QED) is 0.721. The fraction of sp³-hybridized carbons (Fsp3) is 0.143. The second-order valence-electron chi connectivity index (χ2n) is 2.29. The molecule has 13 heavy (non-hydrogen) atoms. The predicted octanol–water partition coefficient (Wildman–Crippen LogP) is 0.824. The molecule has 0 radical (unpaired) electrons. The van der Waals surface area contributed by atoms with Crippen molar-refractivity contribution < 1.29 is 18.7 Å². The van der Waals surface area contributed by atoms with Crippen LogP contribution in [0, 0.1) is 0 Å². The summed E-state index contributed by atoms with van der Waals surface area (Å²) >= 11 is 0. The summed E-state index contributed by atoms with van der Waals surface area (Å²) in [6.07, 6.45) is -2.09. The average Bonchev–Trinajstić information content (AvgIpc) is 2.04. The number of carbonyl (C=O) groups excluding carboxylic acids is 1.